The molecule has 1 heterocycles. The maximum Gasteiger partial charge on any atom is 0.233 e. The summed E-state index contributed by atoms with van der Waals surface area (Å²) >= 11 is 12.1. The lowest BCUT2D eigenvalue weighted by atomic mass is 10.1. The highest BCUT2D eigenvalue weighted by Gasteiger charge is 2.67. The summed E-state index contributed by atoms with van der Waals surface area (Å²) in [6.07, 6.45) is 0.489. The van der Waals surface area contributed by atoms with E-state index >= 15 is 0 Å². The van der Waals surface area contributed by atoms with Crippen molar-refractivity contribution in [1.29, 1.82) is 0 Å². The van der Waals surface area contributed by atoms with Crippen LogP contribution < -0.4 is 5.32 Å². The highest BCUT2D eigenvalue weighted by molar-refractivity contribution is 6.53. The van der Waals surface area contributed by atoms with Gasteiger partial charge in [0.25, 0.3) is 0 Å². The van der Waals surface area contributed by atoms with Gasteiger partial charge in [-0.15, -0.1) is 23.2 Å². The van der Waals surface area contributed by atoms with Gasteiger partial charge in [0.2, 0.25) is 5.91 Å². The van der Waals surface area contributed by atoms with Gasteiger partial charge in [0.15, 0.2) is 0 Å². The first kappa shape index (κ1) is 16.1. The molecular weight excluding hydrogens is 323 g/mol. The third-order valence-electron chi connectivity index (χ3n) is 4.45. The number of rotatable bonds is 4. The minimum atomic E-state index is -0.942. The number of halogens is 2. The molecule has 22 heavy (non-hydrogen) atoms. The molecule has 3 rings (SSSR count). The van der Waals surface area contributed by atoms with Crippen LogP contribution in [0.5, 0.6) is 0 Å². The summed E-state index contributed by atoms with van der Waals surface area (Å²) in [6, 6.07) is 7.91. The van der Waals surface area contributed by atoms with Crippen LogP contribution in [0.3, 0.4) is 0 Å². The Morgan fingerprint density at radius 1 is 1.36 bits per heavy atom. The zero-order chi connectivity index (χ0) is 15.8. The van der Waals surface area contributed by atoms with Crippen molar-refractivity contribution >= 4 is 34.8 Å². The number of benzene rings is 1. The van der Waals surface area contributed by atoms with Crippen molar-refractivity contribution in [2.45, 2.75) is 24.2 Å². The predicted octanol–water partition coefficient (Wildman–Crippen LogP) is 3.04. The van der Waals surface area contributed by atoms with Crippen LogP contribution in [-0.2, 0) is 16.1 Å². The summed E-state index contributed by atoms with van der Waals surface area (Å²) in [5, 5.41) is 2.93. The molecule has 1 N–H and O–H groups in total. The van der Waals surface area contributed by atoms with Crippen LogP contribution in [0.2, 0.25) is 0 Å². The molecule has 0 radical (unpaired) electrons. The Hall–Kier alpha value is -0.810. The smallest absolute Gasteiger partial charge is 0.233 e. The van der Waals surface area contributed by atoms with E-state index in [1.807, 2.05) is 18.2 Å². The van der Waals surface area contributed by atoms with Crippen LogP contribution in [-0.4, -0.2) is 41.4 Å². The SMILES string of the molecule is C[C@@]1(C(=O)Nc2cccc(CN3CCOCC3)c2)CC1(Cl)Cl. The molecule has 1 saturated carbocycles. The van der Waals surface area contributed by atoms with Gasteiger partial charge in [0.05, 0.1) is 18.6 Å². The van der Waals surface area contributed by atoms with Crippen molar-refractivity contribution in [3.8, 4) is 0 Å². The maximum absolute atomic E-state index is 12.3. The Labute approximate surface area is 140 Å². The fourth-order valence-corrected chi connectivity index (χ4v) is 3.39. The largest absolute Gasteiger partial charge is 0.379 e. The summed E-state index contributed by atoms with van der Waals surface area (Å²) < 4.78 is 4.41. The second-order valence-corrected chi connectivity index (χ2v) is 7.74. The Kier molecular flexibility index (Phi) is 4.38. The third-order valence-corrected chi connectivity index (χ3v) is 5.56. The average molecular weight is 343 g/mol. The third kappa shape index (κ3) is 3.25. The topological polar surface area (TPSA) is 41.6 Å². The zero-order valence-corrected chi connectivity index (χ0v) is 14.1. The number of amides is 1. The monoisotopic (exact) mass is 342 g/mol. The first-order valence-corrected chi connectivity index (χ1v) is 8.25. The fraction of sp³-hybridized carbons (Fsp3) is 0.562. The van der Waals surface area contributed by atoms with Crippen molar-refractivity contribution in [2.75, 3.05) is 31.6 Å². The Morgan fingerprint density at radius 2 is 2.05 bits per heavy atom. The van der Waals surface area contributed by atoms with Gasteiger partial charge in [0.1, 0.15) is 4.33 Å². The summed E-state index contributed by atoms with van der Waals surface area (Å²) in [5.41, 5.74) is 1.26. The summed E-state index contributed by atoms with van der Waals surface area (Å²) in [7, 11) is 0. The molecule has 0 spiro atoms. The van der Waals surface area contributed by atoms with Crippen LogP contribution >= 0.6 is 23.2 Å². The molecule has 1 aromatic rings. The van der Waals surface area contributed by atoms with Gasteiger partial charge in [-0.25, -0.2) is 0 Å². The Morgan fingerprint density at radius 3 is 2.68 bits per heavy atom. The van der Waals surface area contributed by atoms with E-state index in [4.69, 9.17) is 27.9 Å². The lowest BCUT2D eigenvalue weighted by molar-refractivity contribution is -0.120. The first-order chi connectivity index (χ1) is 10.4. The molecule has 2 fully saturated rings. The number of hydrogen-bond acceptors (Lipinski definition) is 3. The van der Waals surface area contributed by atoms with E-state index in [0.29, 0.717) is 6.42 Å². The Bertz CT molecular complexity index is 573. The van der Waals surface area contributed by atoms with E-state index in [0.717, 1.165) is 38.5 Å². The van der Waals surface area contributed by atoms with Crippen molar-refractivity contribution in [2.24, 2.45) is 5.41 Å². The van der Waals surface area contributed by atoms with Gasteiger partial charge in [-0.1, -0.05) is 12.1 Å². The fourth-order valence-electron chi connectivity index (χ4n) is 2.68. The van der Waals surface area contributed by atoms with Crippen LogP contribution in [0.25, 0.3) is 0 Å². The quantitative estimate of drug-likeness (QED) is 0.855. The molecule has 1 aliphatic heterocycles. The molecule has 2 aliphatic rings. The molecular formula is C16H20Cl2N2O2. The molecule has 1 saturated heterocycles. The molecule has 0 aromatic heterocycles. The maximum atomic E-state index is 12.3. The molecule has 0 bridgehead atoms. The van der Waals surface area contributed by atoms with Crippen molar-refractivity contribution in [1.82, 2.24) is 4.90 Å². The van der Waals surface area contributed by atoms with Crippen molar-refractivity contribution in [3.63, 3.8) is 0 Å². The second-order valence-electron chi connectivity index (χ2n) is 6.26. The molecule has 120 valence electrons. The number of hydrogen-bond donors (Lipinski definition) is 1. The van der Waals surface area contributed by atoms with E-state index in [1.165, 1.54) is 5.56 Å². The predicted molar refractivity (Wildman–Crippen MR) is 88.3 cm³/mol. The minimum absolute atomic E-state index is 0.124. The minimum Gasteiger partial charge on any atom is -0.379 e. The van der Waals surface area contributed by atoms with Gasteiger partial charge in [-0.3, -0.25) is 9.69 Å². The van der Waals surface area contributed by atoms with E-state index < -0.39 is 9.75 Å². The summed E-state index contributed by atoms with van der Waals surface area (Å²) in [4.78, 5) is 14.6. The standard InChI is InChI=1S/C16H20Cl2N2O2/c1-15(11-16(15,17)18)14(21)19-13-4-2-3-12(9-13)10-20-5-7-22-8-6-20/h2-4,9H,5-8,10-11H2,1H3,(H,19,21)/t15-/m0/s1. The number of carbonyl (C=O) groups excluding carboxylic acids is 1. The second kappa shape index (κ2) is 6.00. The lowest BCUT2D eigenvalue weighted by Crippen LogP contribution is -2.35. The van der Waals surface area contributed by atoms with E-state index in [9.17, 15) is 4.79 Å². The number of morpholine rings is 1. The number of ether oxygens (including phenoxy) is 1. The highest BCUT2D eigenvalue weighted by atomic mass is 35.5. The number of anilines is 1. The number of carbonyl (C=O) groups is 1. The van der Waals surface area contributed by atoms with Gasteiger partial charge < -0.3 is 10.1 Å². The molecule has 1 aliphatic carbocycles. The molecule has 1 amide bonds. The number of nitrogens with zero attached hydrogens (tertiary/aromatic N) is 1. The molecule has 6 heteroatoms. The van der Waals surface area contributed by atoms with Crippen LogP contribution in [0.15, 0.2) is 24.3 Å². The van der Waals surface area contributed by atoms with Crippen LogP contribution in [0.4, 0.5) is 5.69 Å². The van der Waals surface area contributed by atoms with Crippen LogP contribution in [0, 0.1) is 5.41 Å². The van der Waals surface area contributed by atoms with Crippen LogP contribution in [0.1, 0.15) is 18.9 Å². The van der Waals surface area contributed by atoms with Gasteiger partial charge in [-0.2, -0.15) is 0 Å². The highest BCUT2D eigenvalue weighted by Crippen LogP contribution is 2.64. The molecule has 0 unspecified atom stereocenters. The van der Waals surface area contributed by atoms with Gasteiger partial charge in [-0.05, 0) is 31.0 Å². The first-order valence-electron chi connectivity index (χ1n) is 7.49. The number of alkyl halides is 2. The van der Waals surface area contributed by atoms with Gasteiger partial charge >= 0.3 is 0 Å². The van der Waals surface area contributed by atoms with E-state index in [-0.39, 0.29) is 5.91 Å². The molecule has 1 aromatic carbocycles. The van der Waals surface area contributed by atoms with E-state index in [1.54, 1.807) is 6.92 Å². The lowest BCUT2D eigenvalue weighted by Gasteiger charge is -2.26. The van der Waals surface area contributed by atoms with Crippen molar-refractivity contribution in [3.05, 3.63) is 29.8 Å². The van der Waals surface area contributed by atoms with E-state index in [2.05, 4.69) is 16.3 Å². The summed E-state index contributed by atoms with van der Waals surface area (Å²) in [5.74, 6) is -0.124. The van der Waals surface area contributed by atoms with Crippen molar-refractivity contribution < 1.29 is 9.53 Å². The van der Waals surface area contributed by atoms with Gasteiger partial charge in [0, 0.05) is 25.3 Å². The molecule has 1 atom stereocenters. The normalized spacial score (nSPS) is 27.4. The zero-order valence-electron chi connectivity index (χ0n) is 12.6. The molecule has 4 nitrogen and oxygen atoms in total. The number of nitrogens with one attached hydrogen (secondary N) is 1. The summed E-state index contributed by atoms with van der Waals surface area (Å²) in [6.45, 7) is 6.09. The average Bonchev–Trinajstić information content (AvgIpc) is 3.00. The Balaban J connectivity index is 1.63.